The van der Waals surface area contributed by atoms with Crippen molar-refractivity contribution in [3.8, 4) is 0 Å². The van der Waals surface area contributed by atoms with Crippen molar-refractivity contribution in [2.24, 2.45) is 0 Å². The number of benzene rings is 2. The molecule has 0 amide bonds. The molecule has 0 aliphatic heterocycles. The number of aromatic nitrogens is 1. The number of rotatable bonds is 6. The van der Waals surface area contributed by atoms with E-state index in [2.05, 4.69) is 0 Å². The first-order chi connectivity index (χ1) is 12.5. The van der Waals surface area contributed by atoms with Crippen molar-refractivity contribution in [1.82, 2.24) is 4.57 Å². The van der Waals surface area contributed by atoms with E-state index in [0.717, 1.165) is 11.1 Å². The van der Waals surface area contributed by atoms with Gasteiger partial charge in [-0.15, -0.1) is 0 Å². The highest BCUT2D eigenvalue weighted by atomic mass is 16.5. The van der Waals surface area contributed by atoms with Crippen molar-refractivity contribution in [3.05, 3.63) is 69.7 Å². The van der Waals surface area contributed by atoms with Crippen LogP contribution < -0.4 is 5.76 Å². The molecule has 0 radical (unpaired) electrons. The summed E-state index contributed by atoms with van der Waals surface area (Å²) < 4.78 is 11.5. The largest absolute Gasteiger partial charge is 0.478 e. The van der Waals surface area contributed by atoms with Gasteiger partial charge in [0.1, 0.15) is 0 Å². The van der Waals surface area contributed by atoms with Gasteiger partial charge in [0.15, 0.2) is 5.58 Å². The predicted octanol–water partition coefficient (Wildman–Crippen LogP) is 2.45. The molecule has 0 aliphatic rings. The molecule has 1 aromatic heterocycles. The first-order valence-electron chi connectivity index (χ1n) is 8.08. The molecule has 0 spiro atoms. The van der Waals surface area contributed by atoms with E-state index < -0.39 is 11.7 Å². The van der Waals surface area contributed by atoms with Crippen LogP contribution in [0.25, 0.3) is 11.1 Å². The minimum absolute atomic E-state index is 0.0508. The van der Waals surface area contributed by atoms with Crippen LogP contribution in [-0.2, 0) is 22.5 Å². The van der Waals surface area contributed by atoms with Crippen LogP contribution in [0.1, 0.15) is 28.4 Å². The second-order valence-corrected chi connectivity index (χ2v) is 5.74. The molecule has 7 nitrogen and oxygen atoms in total. The fourth-order valence-electron chi connectivity index (χ4n) is 2.75. The summed E-state index contributed by atoms with van der Waals surface area (Å²) in [5, 5.41) is 9.03. The number of carboxylic acids is 1. The molecule has 0 saturated heterocycles. The number of aromatic carboxylic acids is 1. The van der Waals surface area contributed by atoms with Gasteiger partial charge in [0.2, 0.25) is 0 Å². The third-order valence-corrected chi connectivity index (χ3v) is 3.90. The SMILES string of the molecule is CCOC(=O)Cc1cccc(Cn2c(=O)oc3cc(C(=O)O)ccc32)c1. The normalized spacial score (nSPS) is 10.8. The lowest BCUT2D eigenvalue weighted by molar-refractivity contribution is -0.142. The summed E-state index contributed by atoms with van der Waals surface area (Å²) in [6, 6.07) is 11.6. The number of oxazole rings is 1. The third-order valence-electron chi connectivity index (χ3n) is 3.90. The Bertz CT molecular complexity index is 1030. The van der Waals surface area contributed by atoms with Crippen LogP contribution >= 0.6 is 0 Å². The molecular formula is C19H17NO6. The van der Waals surface area contributed by atoms with Gasteiger partial charge in [-0.25, -0.2) is 9.59 Å². The van der Waals surface area contributed by atoms with E-state index in [1.165, 1.54) is 16.7 Å². The van der Waals surface area contributed by atoms with Crippen LogP contribution in [0.2, 0.25) is 0 Å². The number of fused-ring (bicyclic) bond motifs is 1. The van der Waals surface area contributed by atoms with E-state index in [4.69, 9.17) is 14.3 Å². The molecule has 3 aromatic rings. The summed E-state index contributed by atoms with van der Waals surface area (Å²) in [6.45, 7) is 2.32. The summed E-state index contributed by atoms with van der Waals surface area (Å²) in [4.78, 5) is 34.8. The zero-order chi connectivity index (χ0) is 18.7. The van der Waals surface area contributed by atoms with Crippen LogP contribution in [0.4, 0.5) is 0 Å². The van der Waals surface area contributed by atoms with Crippen molar-refractivity contribution in [3.63, 3.8) is 0 Å². The maximum absolute atomic E-state index is 12.1. The second kappa shape index (κ2) is 7.26. The first kappa shape index (κ1) is 17.5. The Hall–Kier alpha value is -3.35. The summed E-state index contributed by atoms with van der Waals surface area (Å²) in [5.41, 5.74) is 2.39. The highest BCUT2D eigenvalue weighted by molar-refractivity contribution is 5.91. The minimum Gasteiger partial charge on any atom is -0.478 e. The van der Waals surface area contributed by atoms with Gasteiger partial charge in [0.05, 0.1) is 30.7 Å². The average Bonchev–Trinajstić information content (AvgIpc) is 2.90. The van der Waals surface area contributed by atoms with E-state index in [9.17, 15) is 14.4 Å². The Morgan fingerprint density at radius 1 is 1.15 bits per heavy atom. The predicted molar refractivity (Wildman–Crippen MR) is 93.3 cm³/mol. The molecule has 0 fully saturated rings. The molecule has 1 N–H and O–H groups in total. The van der Waals surface area contributed by atoms with Gasteiger partial charge in [0, 0.05) is 0 Å². The van der Waals surface area contributed by atoms with Crippen molar-refractivity contribution in [2.45, 2.75) is 19.9 Å². The topological polar surface area (TPSA) is 98.7 Å². The molecule has 1 heterocycles. The monoisotopic (exact) mass is 355 g/mol. The van der Waals surface area contributed by atoms with Gasteiger partial charge in [-0.3, -0.25) is 9.36 Å². The Labute approximate surface area is 148 Å². The molecule has 2 aromatic carbocycles. The van der Waals surface area contributed by atoms with Gasteiger partial charge in [-0.2, -0.15) is 0 Å². The molecule has 0 atom stereocenters. The zero-order valence-electron chi connectivity index (χ0n) is 14.1. The smallest absolute Gasteiger partial charge is 0.420 e. The van der Waals surface area contributed by atoms with E-state index >= 15 is 0 Å². The van der Waals surface area contributed by atoms with E-state index in [1.807, 2.05) is 18.2 Å². The van der Waals surface area contributed by atoms with Gasteiger partial charge in [-0.05, 0) is 36.2 Å². The van der Waals surface area contributed by atoms with Crippen LogP contribution in [0.15, 0.2) is 51.7 Å². The maximum atomic E-state index is 12.1. The van der Waals surface area contributed by atoms with Crippen molar-refractivity contribution in [2.75, 3.05) is 6.61 Å². The summed E-state index contributed by atoms with van der Waals surface area (Å²) in [7, 11) is 0. The van der Waals surface area contributed by atoms with Crippen LogP contribution in [-0.4, -0.2) is 28.2 Å². The van der Waals surface area contributed by atoms with Crippen molar-refractivity contribution >= 4 is 23.0 Å². The zero-order valence-corrected chi connectivity index (χ0v) is 14.1. The number of nitrogens with zero attached hydrogens (tertiary/aromatic N) is 1. The Kier molecular flexibility index (Phi) is 4.88. The first-order valence-corrected chi connectivity index (χ1v) is 8.08. The van der Waals surface area contributed by atoms with Crippen molar-refractivity contribution in [1.29, 1.82) is 0 Å². The Morgan fingerprint density at radius 2 is 1.92 bits per heavy atom. The molecule has 134 valence electrons. The van der Waals surface area contributed by atoms with Gasteiger partial charge in [-0.1, -0.05) is 24.3 Å². The number of esters is 1. The van der Waals surface area contributed by atoms with Crippen LogP contribution in [0, 0.1) is 0 Å². The van der Waals surface area contributed by atoms with E-state index in [0.29, 0.717) is 12.1 Å². The van der Waals surface area contributed by atoms with Gasteiger partial charge >= 0.3 is 17.7 Å². The Balaban J connectivity index is 1.89. The second-order valence-electron chi connectivity index (χ2n) is 5.74. The quantitative estimate of drug-likeness (QED) is 0.682. The lowest BCUT2D eigenvalue weighted by Gasteiger charge is -2.06. The molecule has 26 heavy (non-hydrogen) atoms. The van der Waals surface area contributed by atoms with E-state index in [-0.39, 0.29) is 30.1 Å². The summed E-state index contributed by atoms with van der Waals surface area (Å²) >= 11 is 0. The fraction of sp³-hybridized carbons (Fsp3) is 0.211. The number of carboxylic acid groups (broad SMARTS) is 1. The highest BCUT2D eigenvalue weighted by Crippen LogP contribution is 2.17. The van der Waals surface area contributed by atoms with Crippen LogP contribution in [0.3, 0.4) is 0 Å². The Morgan fingerprint density at radius 3 is 2.65 bits per heavy atom. The van der Waals surface area contributed by atoms with Crippen LogP contribution in [0.5, 0.6) is 0 Å². The third kappa shape index (κ3) is 3.66. The standard InChI is InChI=1S/C19H17NO6/c1-2-25-17(21)9-12-4-3-5-13(8-12)11-20-15-7-6-14(18(22)23)10-16(15)26-19(20)24/h3-8,10H,2,9,11H2,1H3,(H,22,23). The molecular weight excluding hydrogens is 338 g/mol. The summed E-state index contributed by atoms with van der Waals surface area (Å²) in [5.74, 6) is -1.97. The fourth-order valence-corrected chi connectivity index (χ4v) is 2.75. The van der Waals surface area contributed by atoms with Gasteiger partial charge in [0.25, 0.3) is 0 Å². The number of ether oxygens (including phenoxy) is 1. The molecule has 7 heteroatoms. The summed E-state index contributed by atoms with van der Waals surface area (Å²) in [6.07, 6.45) is 0.157. The number of carbonyl (C=O) groups excluding carboxylic acids is 1. The lowest BCUT2D eigenvalue weighted by Crippen LogP contribution is -2.15. The van der Waals surface area contributed by atoms with E-state index in [1.54, 1.807) is 19.1 Å². The molecule has 0 saturated carbocycles. The molecule has 0 unspecified atom stereocenters. The molecule has 0 aliphatic carbocycles. The number of hydrogen-bond donors (Lipinski definition) is 1. The minimum atomic E-state index is -1.09. The van der Waals surface area contributed by atoms with Gasteiger partial charge < -0.3 is 14.3 Å². The highest BCUT2D eigenvalue weighted by Gasteiger charge is 2.13. The number of hydrogen-bond acceptors (Lipinski definition) is 5. The molecule has 0 bridgehead atoms. The average molecular weight is 355 g/mol. The lowest BCUT2D eigenvalue weighted by atomic mass is 10.1. The van der Waals surface area contributed by atoms with Crippen molar-refractivity contribution < 1.29 is 23.8 Å². The maximum Gasteiger partial charge on any atom is 0.420 e. The molecule has 3 rings (SSSR count). The number of carbonyl (C=O) groups is 2.